The predicted octanol–water partition coefficient (Wildman–Crippen LogP) is 3.86. The minimum Gasteiger partial charge on any atom is -0.385 e. The zero-order valence-corrected chi connectivity index (χ0v) is 12.7. The van der Waals surface area contributed by atoms with Crippen molar-refractivity contribution in [3.05, 3.63) is 42.1 Å². The van der Waals surface area contributed by atoms with E-state index in [-0.39, 0.29) is 0 Å². The molecule has 3 nitrogen and oxygen atoms in total. The van der Waals surface area contributed by atoms with Crippen LogP contribution in [0.5, 0.6) is 0 Å². The van der Waals surface area contributed by atoms with Gasteiger partial charge in [0.2, 0.25) is 0 Å². The number of ether oxygens (including phenoxy) is 1. The molecule has 21 heavy (non-hydrogen) atoms. The van der Waals surface area contributed by atoms with Crippen molar-refractivity contribution < 1.29 is 9.84 Å². The normalized spacial score (nSPS) is 27.7. The van der Waals surface area contributed by atoms with Crippen molar-refractivity contribution in [2.45, 2.75) is 44.3 Å². The number of hydrogen-bond donors (Lipinski definition) is 1. The van der Waals surface area contributed by atoms with E-state index in [1.807, 2.05) is 30.3 Å². The fraction of sp³-hybridized carbons (Fsp3) is 0.500. The van der Waals surface area contributed by atoms with Gasteiger partial charge in [0.1, 0.15) is 6.10 Å². The van der Waals surface area contributed by atoms with Gasteiger partial charge in [0, 0.05) is 18.7 Å². The fourth-order valence-corrected chi connectivity index (χ4v) is 3.74. The fourth-order valence-electron chi connectivity index (χ4n) is 3.74. The maximum absolute atomic E-state index is 11.1. The van der Waals surface area contributed by atoms with E-state index in [2.05, 4.69) is 11.9 Å². The lowest BCUT2D eigenvalue weighted by Crippen LogP contribution is -2.42. The summed E-state index contributed by atoms with van der Waals surface area (Å²) in [6, 6.07) is 9.88. The lowest BCUT2D eigenvalue weighted by Gasteiger charge is -2.42. The Labute approximate surface area is 126 Å². The third kappa shape index (κ3) is 2.56. The summed E-state index contributed by atoms with van der Waals surface area (Å²) in [5.41, 5.74) is 1.38. The Bertz CT molecular complexity index is 622. The van der Waals surface area contributed by atoms with E-state index in [0.29, 0.717) is 5.92 Å². The number of aliphatic hydroxyl groups is 1. The molecule has 0 aliphatic heterocycles. The van der Waals surface area contributed by atoms with Crippen molar-refractivity contribution in [3.8, 4) is 0 Å². The molecule has 1 aliphatic carbocycles. The molecule has 1 fully saturated rings. The van der Waals surface area contributed by atoms with Crippen molar-refractivity contribution in [1.82, 2.24) is 4.98 Å². The Morgan fingerprint density at radius 2 is 2.19 bits per heavy atom. The van der Waals surface area contributed by atoms with Gasteiger partial charge in [-0.1, -0.05) is 38.0 Å². The predicted molar refractivity (Wildman–Crippen MR) is 84.1 cm³/mol. The molecule has 112 valence electrons. The first kappa shape index (κ1) is 14.5. The molecule has 0 spiro atoms. The molecular formula is C18H23NO2. The van der Waals surface area contributed by atoms with Gasteiger partial charge in [-0.2, -0.15) is 0 Å². The van der Waals surface area contributed by atoms with E-state index < -0.39 is 11.7 Å². The number of fused-ring (bicyclic) bond motifs is 1. The largest absolute Gasteiger partial charge is 0.385 e. The van der Waals surface area contributed by atoms with E-state index in [0.717, 1.165) is 35.7 Å². The molecule has 1 aromatic heterocycles. The van der Waals surface area contributed by atoms with Gasteiger partial charge in [0.05, 0.1) is 11.1 Å². The van der Waals surface area contributed by atoms with Gasteiger partial charge in [-0.25, -0.2) is 0 Å². The van der Waals surface area contributed by atoms with E-state index >= 15 is 0 Å². The van der Waals surface area contributed by atoms with Gasteiger partial charge in [0.25, 0.3) is 0 Å². The first-order valence-corrected chi connectivity index (χ1v) is 7.73. The molecule has 3 rings (SSSR count). The molecule has 1 aromatic carbocycles. The topological polar surface area (TPSA) is 42.4 Å². The molecule has 3 atom stereocenters. The van der Waals surface area contributed by atoms with Crippen LogP contribution in [-0.2, 0) is 4.74 Å². The van der Waals surface area contributed by atoms with Gasteiger partial charge < -0.3 is 9.84 Å². The first-order valence-electron chi connectivity index (χ1n) is 7.73. The van der Waals surface area contributed by atoms with E-state index in [9.17, 15) is 5.11 Å². The molecule has 1 saturated carbocycles. The molecule has 0 amide bonds. The Kier molecular flexibility index (Phi) is 3.96. The minimum atomic E-state index is -0.613. The standard InChI is InChI=1S/C18H23NO2/c1-13-6-4-10-18(12-13,21-2)17(20)15-7-3-9-16-14(15)8-5-11-19-16/h3,5,7-9,11,13,17,20H,4,6,10,12H2,1-2H3. The van der Waals surface area contributed by atoms with Crippen molar-refractivity contribution in [2.75, 3.05) is 7.11 Å². The number of hydrogen-bond acceptors (Lipinski definition) is 3. The first-order chi connectivity index (χ1) is 10.2. The van der Waals surface area contributed by atoms with Crippen molar-refractivity contribution in [1.29, 1.82) is 0 Å². The minimum absolute atomic E-state index is 0.470. The second-order valence-electron chi connectivity index (χ2n) is 6.29. The number of rotatable bonds is 3. The van der Waals surface area contributed by atoms with Gasteiger partial charge in [0.15, 0.2) is 0 Å². The van der Waals surface area contributed by atoms with Gasteiger partial charge in [-0.05, 0) is 36.5 Å². The Hall–Kier alpha value is -1.45. The van der Waals surface area contributed by atoms with Gasteiger partial charge in [-0.15, -0.1) is 0 Å². The van der Waals surface area contributed by atoms with Crippen LogP contribution in [0.1, 0.15) is 44.3 Å². The molecule has 1 aliphatic rings. The van der Waals surface area contributed by atoms with Gasteiger partial charge >= 0.3 is 0 Å². The summed E-state index contributed by atoms with van der Waals surface area (Å²) in [6.45, 7) is 2.24. The Morgan fingerprint density at radius 1 is 1.33 bits per heavy atom. The number of methoxy groups -OCH3 is 1. The second kappa shape index (κ2) is 5.74. The zero-order valence-electron chi connectivity index (χ0n) is 12.7. The van der Waals surface area contributed by atoms with Crippen molar-refractivity contribution >= 4 is 10.9 Å². The summed E-state index contributed by atoms with van der Waals surface area (Å²) in [7, 11) is 1.73. The SMILES string of the molecule is COC1(C(O)c2cccc3ncccc23)CCCC(C)C1. The summed E-state index contributed by atoms with van der Waals surface area (Å²) < 4.78 is 5.84. The van der Waals surface area contributed by atoms with E-state index in [1.165, 1.54) is 6.42 Å². The third-order valence-corrected chi connectivity index (χ3v) is 4.87. The van der Waals surface area contributed by atoms with Crippen LogP contribution in [0, 0.1) is 5.92 Å². The van der Waals surface area contributed by atoms with E-state index in [1.54, 1.807) is 13.3 Å². The van der Waals surface area contributed by atoms with E-state index in [4.69, 9.17) is 4.74 Å². The lowest BCUT2D eigenvalue weighted by atomic mass is 9.73. The Morgan fingerprint density at radius 3 is 2.95 bits per heavy atom. The van der Waals surface area contributed by atoms with Crippen molar-refractivity contribution in [2.24, 2.45) is 5.92 Å². The highest BCUT2D eigenvalue weighted by molar-refractivity contribution is 5.82. The average Bonchev–Trinajstić information content (AvgIpc) is 2.53. The van der Waals surface area contributed by atoms with Crippen LogP contribution in [0.15, 0.2) is 36.5 Å². The highest BCUT2D eigenvalue weighted by atomic mass is 16.5. The average molecular weight is 285 g/mol. The lowest BCUT2D eigenvalue weighted by molar-refractivity contribution is -0.133. The summed E-state index contributed by atoms with van der Waals surface area (Å²) in [5.74, 6) is 0.585. The number of aromatic nitrogens is 1. The van der Waals surface area contributed by atoms with Crippen LogP contribution in [-0.4, -0.2) is 22.8 Å². The molecular weight excluding hydrogens is 262 g/mol. The highest BCUT2D eigenvalue weighted by Crippen LogP contribution is 2.44. The molecule has 3 unspecified atom stereocenters. The van der Waals surface area contributed by atoms with Crippen LogP contribution in [0.25, 0.3) is 10.9 Å². The highest BCUT2D eigenvalue weighted by Gasteiger charge is 2.42. The summed E-state index contributed by atoms with van der Waals surface area (Å²) in [4.78, 5) is 4.38. The van der Waals surface area contributed by atoms with Crippen LogP contribution in [0.4, 0.5) is 0 Å². The molecule has 3 heteroatoms. The molecule has 1 heterocycles. The third-order valence-electron chi connectivity index (χ3n) is 4.87. The maximum Gasteiger partial charge on any atom is 0.109 e. The van der Waals surface area contributed by atoms with Crippen LogP contribution in [0.2, 0.25) is 0 Å². The molecule has 0 saturated heterocycles. The summed E-state index contributed by atoms with van der Waals surface area (Å²) >= 11 is 0. The molecule has 1 N–H and O–H groups in total. The molecule has 0 bridgehead atoms. The van der Waals surface area contributed by atoms with Crippen LogP contribution >= 0.6 is 0 Å². The number of benzene rings is 1. The quantitative estimate of drug-likeness (QED) is 0.931. The number of aliphatic hydroxyl groups excluding tert-OH is 1. The van der Waals surface area contributed by atoms with Crippen molar-refractivity contribution in [3.63, 3.8) is 0 Å². The Balaban J connectivity index is 2.04. The monoisotopic (exact) mass is 285 g/mol. The molecule has 2 aromatic rings. The number of pyridine rings is 1. The summed E-state index contributed by atoms with van der Waals surface area (Å²) in [6.07, 6.45) is 5.31. The molecule has 0 radical (unpaired) electrons. The van der Waals surface area contributed by atoms with Gasteiger partial charge in [-0.3, -0.25) is 4.98 Å². The number of nitrogens with zero attached hydrogens (tertiary/aromatic N) is 1. The maximum atomic E-state index is 11.1. The zero-order chi connectivity index (χ0) is 14.9. The smallest absolute Gasteiger partial charge is 0.109 e. The van der Waals surface area contributed by atoms with Crippen LogP contribution < -0.4 is 0 Å². The second-order valence-corrected chi connectivity index (χ2v) is 6.29. The van der Waals surface area contributed by atoms with Crippen LogP contribution in [0.3, 0.4) is 0 Å². The summed E-state index contributed by atoms with van der Waals surface area (Å²) in [5, 5.41) is 12.1.